The Morgan fingerprint density at radius 2 is 2.00 bits per heavy atom. The summed E-state index contributed by atoms with van der Waals surface area (Å²) in [5.74, 6) is 0.683. The molecule has 3 aromatic rings. The summed E-state index contributed by atoms with van der Waals surface area (Å²) in [7, 11) is 0. The van der Waals surface area contributed by atoms with Crippen LogP contribution < -0.4 is 10.6 Å². The number of hydrogen-bond donors (Lipinski definition) is 2. The molecular formula is C19H21ClN6OS. The number of aromatic nitrogens is 3. The number of carbonyl (C=O) groups is 1. The van der Waals surface area contributed by atoms with E-state index in [0.29, 0.717) is 16.5 Å². The largest absolute Gasteiger partial charge is 0.324 e. The molecule has 7 nitrogen and oxygen atoms in total. The second-order valence-corrected chi connectivity index (χ2v) is 8.04. The monoisotopic (exact) mass is 416 g/mol. The van der Waals surface area contributed by atoms with E-state index in [1.54, 1.807) is 29.7 Å². The maximum atomic E-state index is 12.4. The molecule has 9 heteroatoms. The first-order valence-electron chi connectivity index (χ1n) is 9.16. The summed E-state index contributed by atoms with van der Waals surface area (Å²) in [6.07, 6.45) is 5.52. The van der Waals surface area contributed by atoms with Crippen molar-refractivity contribution >= 4 is 40.5 Å². The van der Waals surface area contributed by atoms with Gasteiger partial charge in [0.05, 0.1) is 29.5 Å². The lowest BCUT2D eigenvalue weighted by atomic mass is 10.1. The van der Waals surface area contributed by atoms with Gasteiger partial charge in [0.15, 0.2) is 0 Å². The maximum absolute atomic E-state index is 12.4. The summed E-state index contributed by atoms with van der Waals surface area (Å²) >= 11 is 7.79. The number of amides is 2. The number of likely N-dealkylation sites (tertiary alicyclic amines) is 1. The van der Waals surface area contributed by atoms with Gasteiger partial charge >= 0.3 is 6.03 Å². The van der Waals surface area contributed by atoms with Crippen molar-refractivity contribution in [3.05, 3.63) is 58.1 Å². The first-order chi connectivity index (χ1) is 13.7. The van der Waals surface area contributed by atoms with Crippen molar-refractivity contribution in [2.75, 3.05) is 23.7 Å². The van der Waals surface area contributed by atoms with E-state index in [4.69, 9.17) is 11.6 Å². The molecule has 2 N–H and O–H groups in total. The number of piperidine rings is 1. The highest BCUT2D eigenvalue weighted by Crippen LogP contribution is 2.27. The Hall–Kier alpha value is -2.42. The van der Waals surface area contributed by atoms with E-state index in [1.807, 2.05) is 34.5 Å². The molecular weight excluding hydrogens is 396 g/mol. The number of thiazole rings is 1. The first kappa shape index (κ1) is 18.9. The number of urea groups is 1. The van der Waals surface area contributed by atoms with Crippen molar-refractivity contribution in [2.24, 2.45) is 0 Å². The number of rotatable bonds is 5. The molecule has 1 aliphatic rings. The Bertz CT molecular complexity index is 920. The van der Waals surface area contributed by atoms with Crippen molar-refractivity contribution in [1.82, 2.24) is 19.7 Å². The van der Waals surface area contributed by atoms with Crippen LogP contribution in [0.3, 0.4) is 0 Å². The molecule has 2 amide bonds. The van der Waals surface area contributed by atoms with Gasteiger partial charge in [-0.1, -0.05) is 23.7 Å². The first-order valence-corrected chi connectivity index (χ1v) is 10.4. The van der Waals surface area contributed by atoms with Gasteiger partial charge in [-0.15, -0.1) is 11.3 Å². The molecule has 0 spiro atoms. The van der Waals surface area contributed by atoms with E-state index >= 15 is 0 Å². The second kappa shape index (κ2) is 8.72. The van der Waals surface area contributed by atoms with E-state index in [2.05, 4.69) is 25.6 Å². The van der Waals surface area contributed by atoms with Gasteiger partial charge in [0.1, 0.15) is 10.8 Å². The molecule has 0 bridgehead atoms. The van der Waals surface area contributed by atoms with Crippen LogP contribution in [0.5, 0.6) is 0 Å². The van der Waals surface area contributed by atoms with Crippen LogP contribution >= 0.6 is 22.9 Å². The molecule has 2 aromatic heterocycles. The number of halogens is 1. The lowest BCUT2D eigenvalue weighted by molar-refractivity contribution is 0.174. The molecule has 1 aliphatic heterocycles. The lowest BCUT2D eigenvalue weighted by Gasteiger charge is -2.32. The fourth-order valence-corrected chi connectivity index (χ4v) is 4.22. The van der Waals surface area contributed by atoms with E-state index in [-0.39, 0.29) is 12.1 Å². The minimum atomic E-state index is -0.337. The van der Waals surface area contributed by atoms with Gasteiger partial charge in [0.25, 0.3) is 0 Å². The summed E-state index contributed by atoms with van der Waals surface area (Å²) in [6.45, 7) is 2.86. The van der Waals surface area contributed by atoms with Gasteiger partial charge in [-0.25, -0.2) is 14.5 Å². The SMILES string of the molecule is O=C(Nc1ccccc1Cl)Nc1ccnn1C1CCN(Cc2nccs2)CC1. The van der Waals surface area contributed by atoms with Crippen molar-refractivity contribution in [2.45, 2.75) is 25.4 Å². The fourth-order valence-electron chi connectivity index (χ4n) is 3.38. The highest BCUT2D eigenvalue weighted by molar-refractivity contribution is 7.09. The zero-order valence-electron chi connectivity index (χ0n) is 15.2. The van der Waals surface area contributed by atoms with Gasteiger partial charge in [0.2, 0.25) is 0 Å². The van der Waals surface area contributed by atoms with E-state index in [1.165, 1.54) is 0 Å². The van der Waals surface area contributed by atoms with Crippen LogP contribution in [0.4, 0.5) is 16.3 Å². The van der Waals surface area contributed by atoms with Crippen LogP contribution in [-0.2, 0) is 6.54 Å². The molecule has 0 radical (unpaired) electrons. The topological polar surface area (TPSA) is 75.1 Å². The quantitative estimate of drug-likeness (QED) is 0.643. The predicted octanol–water partition coefficient (Wildman–Crippen LogP) is 4.47. The smallest absolute Gasteiger partial charge is 0.306 e. The van der Waals surface area contributed by atoms with Crippen molar-refractivity contribution in [3.8, 4) is 0 Å². The minimum Gasteiger partial charge on any atom is -0.306 e. The number of nitrogens with zero attached hydrogens (tertiary/aromatic N) is 4. The maximum Gasteiger partial charge on any atom is 0.324 e. The van der Waals surface area contributed by atoms with E-state index in [9.17, 15) is 4.79 Å². The van der Waals surface area contributed by atoms with Crippen molar-refractivity contribution in [3.63, 3.8) is 0 Å². The molecule has 3 heterocycles. The Labute approximate surface area is 172 Å². The number of hydrogen-bond acceptors (Lipinski definition) is 5. The Morgan fingerprint density at radius 1 is 1.18 bits per heavy atom. The van der Waals surface area contributed by atoms with Crippen LogP contribution in [0.25, 0.3) is 0 Å². The molecule has 4 rings (SSSR count). The fraction of sp³-hybridized carbons (Fsp3) is 0.316. The molecule has 0 aliphatic carbocycles. The lowest BCUT2D eigenvalue weighted by Crippen LogP contribution is -2.35. The Balaban J connectivity index is 1.34. The Kier molecular flexibility index (Phi) is 5.90. The van der Waals surface area contributed by atoms with Gasteiger partial charge in [0, 0.05) is 30.7 Å². The highest BCUT2D eigenvalue weighted by Gasteiger charge is 2.23. The van der Waals surface area contributed by atoms with Crippen molar-refractivity contribution < 1.29 is 4.79 Å². The number of para-hydroxylation sites is 1. The normalized spacial score (nSPS) is 15.5. The van der Waals surface area contributed by atoms with Crippen LogP contribution in [0.15, 0.2) is 48.1 Å². The number of nitrogens with one attached hydrogen (secondary N) is 2. The van der Waals surface area contributed by atoms with Crippen LogP contribution in [0.1, 0.15) is 23.9 Å². The molecule has 0 unspecified atom stereocenters. The summed E-state index contributed by atoms with van der Waals surface area (Å²) in [5.41, 5.74) is 0.572. The Morgan fingerprint density at radius 3 is 2.75 bits per heavy atom. The highest BCUT2D eigenvalue weighted by atomic mass is 35.5. The molecule has 1 aromatic carbocycles. The number of carbonyl (C=O) groups excluding carboxylic acids is 1. The molecule has 146 valence electrons. The van der Waals surface area contributed by atoms with Crippen LogP contribution in [0.2, 0.25) is 5.02 Å². The summed E-state index contributed by atoms with van der Waals surface area (Å²) in [4.78, 5) is 19.1. The number of benzene rings is 1. The van der Waals surface area contributed by atoms with Gasteiger partial charge in [-0.2, -0.15) is 5.10 Å². The third kappa shape index (κ3) is 4.52. The molecule has 1 fully saturated rings. The summed E-state index contributed by atoms with van der Waals surface area (Å²) < 4.78 is 1.91. The zero-order valence-corrected chi connectivity index (χ0v) is 16.8. The van der Waals surface area contributed by atoms with Crippen LogP contribution in [-0.4, -0.2) is 38.8 Å². The summed E-state index contributed by atoms with van der Waals surface area (Å²) in [6, 6.07) is 8.88. The molecule has 1 saturated heterocycles. The molecule has 0 atom stereocenters. The zero-order chi connectivity index (χ0) is 19.3. The van der Waals surface area contributed by atoms with Gasteiger partial charge < -0.3 is 5.32 Å². The van der Waals surface area contributed by atoms with E-state index < -0.39 is 0 Å². The van der Waals surface area contributed by atoms with Gasteiger partial charge in [-0.05, 0) is 25.0 Å². The van der Waals surface area contributed by atoms with Crippen molar-refractivity contribution in [1.29, 1.82) is 0 Å². The average Bonchev–Trinajstić information content (AvgIpc) is 3.36. The third-order valence-electron chi connectivity index (χ3n) is 4.78. The predicted molar refractivity (Wildman–Crippen MR) is 112 cm³/mol. The van der Waals surface area contributed by atoms with Gasteiger partial charge in [-0.3, -0.25) is 10.2 Å². The van der Waals surface area contributed by atoms with E-state index in [0.717, 1.165) is 37.5 Å². The number of anilines is 2. The standard InChI is InChI=1S/C19H21ClN6OS/c20-15-3-1-2-4-16(15)23-19(27)24-17-5-8-22-26(17)14-6-10-25(11-7-14)13-18-21-9-12-28-18/h1-5,8-9,12,14H,6-7,10-11,13H2,(H2,23,24,27). The second-order valence-electron chi connectivity index (χ2n) is 6.65. The molecule has 0 saturated carbocycles. The minimum absolute atomic E-state index is 0.262. The molecule has 28 heavy (non-hydrogen) atoms. The summed E-state index contributed by atoms with van der Waals surface area (Å²) in [5, 5.41) is 13.8. The average molecular weight is 417 g/mol. The van der Waals surface area contributed by atoms with Crippen LogP contribution in [0, 0.1) is 0 Å². The third-order valence-corrected chi connectivity index (χ3v) is 5.87.